The number of aliphatic hydroxyl groups is 1. The van der Waals surface area contributed by atoms with Crippen molar-refractivity contribution in [1.82, 2.24) is 9.97 Å². The monoisotopic (exact) mass is 219 g/mol. The molecule has 0 spiro atoms. The molecule has 84 valence electrons. The first-order valence-corrected chi connectivity index (χ1v) is 5.03. The maximum atomic E-state index is 8.74. The van der Waals surface area contributed by atoms with E-state index in [1.165, 1.54) is 0 Å². The topological polar surface area (TPSA) is 67.3 Å². The fourth-order valence-corrected chi connectivity index (χ4v) is 1.41. The zero-order valence-electron chi connectivity index (χ0n) is 8.97. The number of benzene rings is 1. The number of rotatable bonds is 4. The summed E-state index contributed by atoms with van der Waals surface area (Å²) >= 11 is 0. The van der Waals surface area contributed by atoms with Crippen LogP contribution in [0.3, 0.4) is 0 Å². The van der Waals surface area contributed by atoms with Gasteiger partial charge in [-0.2, -0.15) is 4.98 Å². The van der Waals surface area contributed by atoms with Gasteiger partial charge in [-0.05, 0) is 12.1 Å². The Bertz CT molecular complexity index is 488. The average Bonchev–Trinajstić information content (AvgIpc) is 2.35. The standard InChI is InChI=1S/C11H13N3O2/c1-12-11-13-9-5-3-2-4-8(9)10(14-11)16-7-6-15/h2-5,15H,6-7H2,1H3,(H,12,13,14). The van der Waals surface area contributed by atoms with Crippen molar-refractivity contribution in [3.8, 4) is 5.88 Å². The minimum Gasteiger partial charge on any atom is -0.475 e. The third-order valence-electron chi connectivity index (χ3n) is 2.12. The van der Waals surface area contributed by atoms with Crippen LogP contribution in [0.4, 0.5) is 5.95 Å². The second kappa shape index (κ2) is 4.76. The summed E-state index contributed by atoms with van der Waals surface area (Å²) in [7, 11) is 1.75. The number of para-hydroxylation sites is 1. The average molecular weight is 219 g/mol. The van der Waals surface area contributed by atoms with Crippen molar-refractivity contribution >= 4 is 16.9 Å². The van der Waals surface area contributed by atoms with Crippen molar-refractivity contribution in [3.63, 3.8) is 0 Å². The Labute approximate surface area is 93.1 Å². The molecule has 5 heteroatoms. The van der Waals surface area contributed by atoms with E-state index in [4.69, 9.17) is 9.84 Å². The van der Waals surface area contributed by atoms with Crippen LogP contribution in [0.5, 0.6) is 5.88 Å². The Morgan fingerprint density at radius 1 is 1.31 bits per heavy atom. The summed E-state index contributed by atoms with van der Waals surface area (Å²) in [6.45, 7) is 0.192. The van der Waals surface area contributed by atoms with Gasteiger partial charge in [-0.15, -0.1) is 0 Å². The molecular formula is C11H13N3O2. The molecule has 0 amide bonds. The summed E-state index contributed by atoms with van der Waals surface area (Å²) in [4.78, 5) is 8.50. The molecule has 2 rings (SSSR count). The van der Waals surface area contributed by atoms with Crippen molar-refractivity contribution in [2.45, 2.75) is 0 Å². The summed E-state index contributed by atoms with van der Waals surface area (Å²) in [5, 5.41) is 12.5. The highest BCUT2D eigenvalue weighted by Gasteiger charge is 2.06. The molecule has 0 atom stereocenters. The van der Waals surface area contributed by atoms with E-state index in [0.717, 1.165) is 10.9 Å². The predicted molar refractivity (Wildman–Crippen MR) is 61.7 cm³/mol. The number of fused-ring (bicyclic) bond motifs is 1. The third kappa shape index (κ3) is 2.04. The molecule has 2 aromatic rings. The van der Waals surface area contributed by atoms with Crippen LogP contribution in [0.1, 0.15) is 0 Å². The molecule has 16 heavy (non-hydrogen) atoms. The van der Waals surface area contributed by atoms with Crippen LogP contribution in [-0.2, 0) is 0 Å². The first-order chi connectivity index (χ1) is 7.85. The summed E-state index contributed by atoms with van der Waals surface area (Å²) in [5.74, 6) is 0.996. The number of ether oxygens (including phenoxy) is 1. The van der Waals surface area contributed by atoms with Crippen molar-refractivity contribution in [2.75, 3.05) is 25.6 Å². The number of hydrogen-bond donors (Lipinski definition) is 2. The van der Waals surface area contributed by atoms with Gasteiger partial charge in [0.15, 0.2) is 0 Å². The second-order valence-corrected chi connectivity index (χ2v) is 3.19. The number of nitrogens with zero attached hydrogens (tertiary/aromatic N) is 2. The van der Waals surface area contributed by atoms with E-state index >= 15 is 0 Å². The number of hydrogen-bond acceptors (Lipinski definition) is 5. The summed E-state index contributed by atoms with van der Waals surface area (Å²) in [6, 6.07) is 7.59. The predicted octanol–water partition coefficient (Wildman–Crippen LogP) is 1.04. The maximum Gasteiger partial charge on any atom is 0.226 e. The molecule has 1 aromatic heterocycles. The lowest BCUT2D eigenvalue weighted by atomic mass is 10.2. The van der Waals surface area contributed by atoms with Gasteiger partial charge < -0.3 is 15.2 Å². The summed E-state index contributed by atoms with van der Waals surface area (Å²) in [6.07, 6.45) is 0. The van der Waals surface area contributed by atoms with Crippen LogP contribution in [0.15, 0.2) is 24.3 Å². The van der Waals surface area contributed by atoms with E-state index in [2.05, 4.69) is 15.3 Å². The number of anilines is 1. The first-order valence-electron chi connectivity index (χ1n) is 5.03. The molecule has 0 aliphatic carbocycles. The highest BCUT2D eigenvalue weighted by Crippen LogP contribution is 2.23. The zero-order chi connectivity index (χ0) is 11.4. The fourth-order valence-electron chi connectivity index (χ4n) is 1.41. The Balaban J connectivity index is 2.50. The Kier molecular flexibility index (Phi) is 3.16. The zero-order valence-corrected chi connectivity index (χ0v) is 8.97. The molecule has 2 N–H and O–H groups in total. The van der Waals surface area contributed by atoms with E-state index < -0.39 is 0 Å². The molecule has 0 saturated carbocycles. The quantitative estimate of drug-likeness (QED) is 0.804. The lowest BCUT2D eigenvalue weighted by Crippen LogP contribution is -2.06. The van der Waals surface area contributed by atoms with Crippen molar-refractivity contribution in [3.05, 3.63) is 24.3 Å². The van der Waals surface area contributed by atoms with Gasteiger partial charge in [0.05, 0.1) is 17.5 Å². The molecule has 0 aliphatic rings. The van der Waals surface area contributed by atoms with Gasteiger partial charge >= 0.3 is 0 Å². The van der Waals surface area contributed by atoms with Crippen molar-refractivity contribution < 1.29 is 9.84 Å². The molecule has 0 fully saturated rings. The van der Waals surface area contributed by atoms with E-state index in [9.17, 15) is 0 Å². The highest BCUT2D eigenvalue weighted by atomic mass is 16.5. The minimum atomic E-state index is -0.0345. The molecule has 5 nitrogen and oxygen atoms in total. The van der Waals surface area contributed by atoms with E-state index in [1.54, 1.807) is 7.05 Å². The largest absolute Gasteiger partial charge is 0.475 e. The summed E-state index contributed by atoms with van der Waals surface area (Å²) < 4.78 is 5.37. The van der Waals surface area contributed by atoms with Crippen LogP contribution in [0.25, 0.3) is 10.9 Å². The molecule has 0 unspecified atom stereocenters. The van der Waals surface area contributed by atoms with E-state index in [1.807, 2.05) is 24.3 Å². The minimum absolute atomic E-state index is 0.0345. The van der Waals surface area contributed by atoms with E-state index in [-0.39, 0.29) is 13.2 Å². The first kappa shape index (κ1) is 10.6. The molecular weight excluding hydrogens is 206 g/mol. The lowest BCUT2D eigenvalue weighted by Gasteiger charge is -2.08. The van der Waals surface area contributed by atoms with E-state index in [0.29, 0.717) is 11.8 Å². The van der Waals surface area contributed by atoms with Crippen LogP contribution < -0.4 is 10.1 Å². The van der Waals surface area contributed by atoms with Crippen molar-refractivity contribution in [1.29, 1.82) is 0 Å². The molecule has 0 bridgehead atoms. The molecule has 1 aromatic carbocycles. The second-order valence-electron chi connectivity index (χ2n) is 3.19. The van der Waals surface area contributed by atoms with Gasteiger partial charge in [-0.25, -0.2) is 4.98 Å². The number of nitrogens with one attached hydrogen (secondary N) is 1. The Hall–Kier alpha value is -1.88. The van der Waals surface area contributed by atoms with Gasteiger partial charge in [-0.1, -0.05) is 12.1 Å². The van der Waals surface area contributed by atoms with Crippen LogP contribution in [0, 0.1) is 0 Å². The van der Waals surface area contributed by atoms with Gasteiger partial charge in [0.2, 0.25) is 11.8 Å². The van der Waals surface area contributed by atoms with Crippen molar-refractivity contribution in [2.24, 2.45) is 0 Å². The number of aliphatic hydroxyl groups excluding tert-OH is 1. The normalized spacial score (nSPS) is 10.4. The smallest absolute Gasteiger partial charge is 0.226 e. The summed E-state index contributed by atoms with van der Waals surface area (Å²) in [5.41, 5.74) is 0.815. The Morgan fingerprint density at radius 3 is 2.88 bits per heavy atom. The number of aromatic nitrogens is 2. The fraction of sp³-hybridized carbons (Fsp3) is 0.273. The van der Waals surface area contributed by atoms with Crippen LogP contribution in [0.2, 0.25) is 0 Å². The Morgan fingerprint density at radius 2 is 2.12 bits per heavy atom. The van der Waals surface area contributed by atoms with Gasteiger partial charge in [0, 0.05) is 7.05 Å². The third-order valence-corrected chi connectivity index (χ3v) is 2.12. The molecule has 0 saturated heterocycles. The van der Waals surface area contributed by atoms with Gasteiger partial charge in [-0.3, -0.25) is 0 Å². The van der Waals surface area contributed by atoms with Gasteiger partial charge in [0.25, 0.3) is 0 Å². The SMILES string of the molecule is CNc1nc(OCCO)c2ccccc2n1. The van der Waals surface area contributed by atoms with Crippen LogP contribution in [-0.4, -0.2) is 35.3 Å². The maximum absolute atomic E-state index is 8.74. The molecule has 1 heterocycles. The van der Waals surface area contributed by atoms with Gasteiger partial charge in [0.1, 0.15) is 6.61 Å². The molecule has 0 aliphatic heterocycles. The highest BCUT2D eigenvalue weighted by molar-refractivity contribution is 5.84. The van der Waals surface area contributed by atoms with Crippen LogP contribution >= 0.6 is 0 Å². The lowest BCUT2D eigenvalue weighted by molar-refractivity contribution is 0.198. The molecule has 0 radical (unpaired) electrons.